The summed E-state index contributed by atoms with van der Waals surface area (Å²) in [6.45, 7) is 10.8. The highest BCUT2D eigenvalue weighted by molar-refractivity contribution is 6.06. The number of aliphatic carboxylic acids is 1. The van der Waals surface area contributed by atoms with Crippen LogP contribution in [0.25, 0.3) is 0 Å². The number of nitrogens with zero attached hydrogens (tertiary/aromatic N) is 4. The van der Waals surface area contributed by atoms with Crippen molar-refractivity contribution in [2.75, 3.05) is 49.2 Å². The molecule has 3 atom stereocenters. The van der Waals surface area contributed by atoms with Crippen molar-refractivity contribution < 1.29 is 23.9 Å². The van der Waals surface area contributed by atoms with Gasteiger partial charge in [0.1, 0.15) is 5.54 Å². The molecule has 6 rings (SSSR count). The van der Waals surface area contributed by atoms with Crippen molar-refractivity contribution in [2.24, 2.45) is 16.7 Å². The van der Waals surface area contributed by atoms with Gasteiger partial charge in [-0.05, 0) is 56.3 Å². The number of carbonyl (C=O) groups is 3. The lowest BCUT2D eigenvalue weighted by molar-refractivity contribution is -0.149. The van der Waals surface area contributed by atoms with Crippen molar-refractivity contribution in [3.63, 3.8) is 0 Å². The second-order valence-electron chi connectivity index (χ2n) is 14.5. The van der Waals surface area contributed by atoms with Crippen LogP contribution >= 0.6 is 0 Å². The topological polar surface area (TPSA) is 84.4 Å². The average Bonchev–Trinajstić information content (AvgIpc) is 3.40. The Balaban J connectivity index is 1.18. The summed E-state index contributed by atoms with van der Waals surface area (Å²) in [5.41, 5.74) is -1.90. The predicted octanol–water partition coefficient (Wildman–Crippen LogP) is 5.61. The van der Waals surface area contributed by atoms with E-state index in [0.717, 1.165) is 12.2 Å². The highest BCUT2D eigenvalue weighted by Crippen LogP contribution is 2.51. The van der Waals surface area contributed by atoms with E-state index in [4.69, 9.17) is 0 Å². The molecule has 0 radical (unpaired) electrons. The van der Waals surface area contributed by atoms with E-state index in [9.17, 15) is 19.5 Å². The van der Waals surface area contributed by atoms with Gasteiger partial charge in [0.15, 0.2) is 0 Å². The number of hydrogen-bond donors (Lipinski definition) is 1. The molecule has 0 saturated carbocycles. The van der Waals surface area contributed by atoms with E-state index in [1.54, 1.807) is 35.3 Å². The maximum atomic E-state index is 15.3. The number of amides is 2. The summed E-state index contributed by atoms with van der Waals surface area (Å²) < 4.78 is 15.3. The van der Waals surface area contributed by atoms with Gasteiger partial charge in [0.25, 0.3) is 5.91 Å². The first-order chi connectivity index (χ1) is 21.8. The lowest BCUT2D eigenvalue weighted by Gasteiger charge is -2.48. The van der Waals surface area contributed by atoms with Crippen molar-refractivity contribution in [3.05, 3.63) is 84.5 Å². The number of rotatable bonds is 8. The molecule has 0 bridgehead atoms. The summed E-state index contributed by atoms with van der Waals surface area (Å²) in [4.78, 5) is 48.0. The van der Waals surface area contributed by atoms with Crippen LogP contribution in [-0.2, 0) is 20.1 Å². The Morgan fingerprint density at radius 1 is 0.957 bits per heavy atom. The molecule has 4 aliphatic rings. The Kier molecular flexibility index (Phi) is 8.12. The molecular formula is C37H45FN4O4. The van der Waals surface area contributed by atoms with Gasteiger partial charge in [-0.25, -0.2) is 4.39 Å². The summed E-state index contributed by atoms with van der Waals surface area (Å²) in [7, 11) is 0. The Hall–Kier alpha value is -3.98. The standard InChI is InChI=1S/C37H45FN4O4/c1-34(2,3)36(18-11-10-16-29(36)31(43)44)25-40-26-42(27-13-6-5-7-14-27)37(33(40)46)19-23-39(24-20-37)21-12-22-41-30-17-9-8-15-28(30)35(4,38)32(41)45/h5-11,13-18,29H,12,19-26H2,1-4H3,(H,43,44). The quantitative estimate of drug-likeness (QED) is 0.410. The highest BCUT2D eigenvalue weighted by Gasteiger charge is 2.58. The number of halogens is 1. The van der Waals surface area contributed by atoms with Gasteiger partial charge in [-0.2, -0.15) is 0 Å². The number of allylic oxidation sites excluding steroid dienone is 2. The number of anilines is 2. The normalized spacial score (nSPS) is 27.6. The van der Waals surface area contributed by atoms with E-state index in [1.807, 2.05) is 53.5 Å². The number of para-hydroxylation sites is 2. The molecule has 1 spiro atoms. The summed E-state index contributed by atoms with van der Waals surface area (Å²) in [6, 6.07) is 17.1. The minimum atomic E-state index is -2.01. The maximum Gasteiger partial charge on any atom is 0.311 e. The third kappa shape index (κ3) is 5.13. The Labute approximate surface area is 271 Å². The van der Waals surface area contributed by atoms with E-state index >= 15 is 4.39 Å². The number of piperidine rings is 1. The Bertz CT molecular complexity index is 1560. The molecule has 8 nitrogen and oxygen atoms in total. The second-order valence-corrected chi connectivity index (χ2v) is 14.5. The van der Waals surface area contributed by atoms with Gasteiger partial charge in [-0.3, -0.25) is 14.4 Å². The van der Waals surface area contributed by atoms with Crippen LogP contribution in [0.2, 0.25) is 0 Å². The minimum absolute atomic E-state index is 0.0493. The van der Waals surface area contributed by atoms with E-state index in [-0.39, 0.29) is 5.91 Å². The molecule has 2 amide bonds. The minimum Gasteiger partial charge on any atom is -0.481 e. The molecule has 1 aliphatic carbocycles. The van der Waals surface area contributed by atoms with Crippen molar-refractivity contribution in [2.45, 2.75) is 58.2 Å². The van der Waals surface area contributed by atoms with Crippen molar-refractivity contribution in [3.8, 4) is 0 Å². The van der Waals surface area contributed by atoms with Crippen LogP contribution in [0.15, 0.2) is 78.9 Å². The fourth-order valence-corrected chi connectivity index (χ4v) is 8.13. The Morgan fingerprint density at radius 2 is 1.63 bits per heavy atom. The maximum absolute atomic E-state index is 15.3. The van der Waals surface area contributed by atoms with Gasteiger partial charge in [0, 0.05) is 42.8 Å². The third-order valence-corrected chi connectivity index (χ3v) is 10.9. The molecule has 46 heavy (non-hydrogen) atoms. The van der Waals surface area contributed by atoms with Crippen LogP contribution in [0.1, 0.15) is 52.5 Å². The number of likely N-dealkylation sites (tertiary alicyclic amines) is 1. The number of hydrogen-bond acceptors (Lipinski definition) is 5. The number of alkyl halides is 1. The zero-order valence-electron chi connectivity index (χ0n) is 27.3. The third-order valence-electron chi connectivity index (χ3n) is 10.9. The molecule has 3 aliphatic heterocycles. The van der Waals surface area contributed by atoms with Gasteiger partial charge in [-0.15, -0.1) is 0 Å². The zero-order chi connectivity index (χ0) is 32.9. The van der Waals surface area contributed by atoms with E-state index in [1.165, 1.54) is 6.92 Å². The largest absolute Gasteiger partial charge is 0.481 e. The van der Waals surface area contributed by atoms with Gasteiger partial charge in [0.05, 0.1) is 18.3 Å². The van der Waals surface area contributed by atoms with Crippen molar-refractivity contribution in [1.82, 2.24) is 9.80 Å². The summed E-state index contributed by atoms with van der Waals surface area (Å²) >= 11 is 0. The molecule has 1 N–H and O–H groups in total. The van der Waals surface area contributed by atoms with Gasteiger partial charge >= 0.3 is 5.97 Å². The lowest BCUT2D eigenvalue weighted by atomic mass is 9.58. The van der Waals surface area contributed by atoms with Crippen molar-refractivity contribution >= 4 is 29.2 Å². The number of carboxylic acid groups (broad SMARTS) is 1. The number of carboxylic acids is 1. The van der Waals surface area contributed by atoms with E-state index in [0.29, 0.717) is 63.4 Å². The summed E-state index contributed by atoms with van der Waals surface area (Å²) in [6.07, 6.45) is 9.40. The van der Waals surface area contributed by atoms with Crippen LogP contribution in [-0.4, -0.2) is 77.6 Å². The van der Waals surface area contributed by atoms with Crippen LogP contribution in [0.5, 0.6) is 0 Å². The number of fused-ring (bicyclic) bond motifs is 1. The smallest absolute Gasteiger partial charge is 0.311 e. The molecule has 3 unspecified atom stereocenters. The molecule has 3 heterocycles. The fourth-order valence-electron chi connectivity index (χ4n) is 8.13. The second kappa shape index (κ2) is 11.7. The Morgan fingerprint density at radius 3 is 2.30 bits per heavy atom. The summed E-state index contributed by atoms with van der Waals surface area (Å²) in [5, 5.41) is 10.3. The molecule has 2 aromatic rings. The molecule has 2 fully saturated rings. The first-order valence-corrected chi connectivity index (χ1v) is 16.4. The van der Waals surface area contributed by atoms with Crippen LogP contribution in [0.4, 0.5) is 15.8 Å². The van der Waals surface area contributed by atoms with Crippen LogP contribution < -0.4 is 9.80 Å². The molecule has 244 valence electrons. The highest BCUT2D eigenvalue weighted by atomic mass is 19.1. The first kappa shape index (κ1) is 32.0. The average molecular weight is 629 g/mol. The molecule has 0 aromatic heterocycles. The molecular weight excluding hydrogens is 583 g/mol. The monoisotopic (exact) mass is 628 g/mol. The lowest BCUT2D eigenvalue weighted by Crippen LogP contribution is -2.57. The first-order valence-electron chi connectivity index (χ1n) is 16.4. The van der Waals surface area contributed by atoms with Crippen LogP contribution in [0.3, 0.4) is 0 Å². The molecule has 2 saturated heterocycles. The molecule has 9 heteroatoms. The summed E-state index contributed by atoms with van der Waals surface area (Å²) in [5.74, 6) is -2.10. The van der Waals surface area contributed by atoms with E-state index < -0.39 is 39.8 Å². The number of carbonyl (C=O) groups excluding carboxylic acids is 2. The SMILES string of the molecule is CC1(F)C(=O)N(CCCN2CCC3(CC2)C(=O)N(CC2(C(C)(C)C)C=CC=CC2C(=O)O)CN3c2ccccc2)c2ccccc21. The van der Waals surface area contributed by atoms with E-state index in [2.05, 4.69) is 30.6 Å². The van der Waals surface area contributed by atoms with Gasteiger partial charge in [-0.1, -0.05) is 81.5 Å². The van der Waals surface area contributed by atoms with Gasteiger partial charge < -0.3 is 24.7 Å². The van der Waals surface area contributed by atoms with Gasteiger partial charge in [0.2, 0.25) is 11.6 Å². The van der Waals surface area contributed by atoms with Crippen molar-refractivity contribution in [1.29, 1.82) is 0 Å². The predicted molar refractivity (Wildman–Crippen MR) is 177 cm³/mol. The fraction of sp³-hybridized carbons (Fsp3) is 0.486. The number of benzene rings is 2. The zero-order valence-corrected chi connectivity index (χ0v) is 27.3. The van der Waals surface area contributed by atoms with Crippen LogP contribution in [0, 0.1) is 16.7 Å². The molecule has 2 aromatic carbocycles.